The van der Waals surface area contributed by atoms with Crippen LogP contribution in [0.1, 0.15) is 23.1 Å². The molecule has 0 radical (unpaired) electrons. The first-order valence-electron chi connectivity index (χ1n) is 12.7. The molecule has 4 aromatic rings. The van der Waals surface area contributed by atoms with Crippen LogP contribution < -0.4 is 10.2 Å². The zero-order chi connectivity index (χ0) is 27.6. The number of thiazole rings is 1. The predicted molar refractivity (Wildman–Crippen MR) is 155 cm³/mol. The lowest BCUT2D eigenvalue weighted by molar-refractivity contribution is 0.282. The van der Waals surface area contributed by atoms with Gasteiger partial charge in [-0.15, -0.1) is 11.3 Å². The Labute approximate surface area is 232 Å². The summed E-state index contributed by atoms with van der Waals surface area (Å²) in [6, 6.07) is 11.7. The molecule has 0 saturated carbocycles. The number of nitrogens with one attached hydrogen (secondary N) is 1. The van der Waals surface area contributed by atoms with Gasteiger partial charge in [0.05, 0.1) is 46.0 Å². The molecular weight excluding hydrogens is 534 g/mol. The van der Waals surface area contributed by atoms with Gasteiger partial charge in [0.2, 0.25) is 16.0 Å². The standard InChI is InChI=1S/C27H31N7O3S2/c1-4-24-32-25(20-14-18(2)13-19(15-20)17-35)26(38-24)22-7-8-28-27(31-22)30-21-5-6-23(29-16-21)33-9-11-34(12-10-33)39(3,36)37/h5-8,13-16,35H,4,9-12,17H2,1-3H3,(H,28,30,31). The lowest BCUT2D eigenvalue weighted by Gasteiger charge is -2.33. The molecule has 1 aromatic carbocycles. The Morgan fingerprint density at radius 3 is 2.51 bits per heavy atom. The molecule has 0 atom stereocenters. The molecule has 1 aliphatic heterocycles. The van der Waals surface area contributed by atoms with Gasteiger partial charge in [-0.2, -0.15) is 4.31 Å². The Hall–Kier alpha value is -3.45. The number of aliphatic hydroxyl groups is 1. The van der Waals surface area contributed by atoms with E-state index >= 15 is 0 Å². The predicted octanol–water partition coefficient (Wildman–Crippen LogP) is 3.85. The van der Waals surface area contributed by atoms with Gasteiger partial charge in [-0.05, 0) is 49.2 Å². The van der Waals surface area contributed by atoms with Gasteiger partial charge in [-0.25, -0.2) is 28.4 Å². The first kappa shape index (κ1) is 27.1. The number of aromatic nitrogens is 4. The van der Waals surface area contributed by atoms with Crippen molar-refractivity contribution in [3.63, 3.8) is 0 Å². The maximum Gasteiger partial charge on any atom is 0.227 e. The van der Waals surface area contributed by atoms with Crippen LogP contribution in [0, 0.1) is 6.92 Å². The largest absolute Gasteiger partial charge is 0.392 e. The molecule has 10 nitrogen and oxygen atoms in total. The van der Waals surface area contributed by atoms with Crippen LogP contribution in [0.5, 0.6) is 0 Å². The second kappa shape index (κ2) is 11.3. The average Bonchev–Trinajstić information content (AvgIpc) is 3.38. The van der Waals surface area contributed by atoms with Crippen LogP contribution in [-0.4, -0.2) is 70.2 Å². The summed E-state index contributed by atoms with van der Waals surface area (Å²) in [5.74, 6) is 1.24. The van der Waals surface area contributed by atoms with Crippen molar-refractivity contribution in [1.29, 1.82) is 0 Å². The molecule has 39 heavy (non-hydrogen) atoms. The molecule has 12 heteroatoms. The Morgan fingerprint density at radius 2 is 1.85 bits per heavy atom. The van der Waals surface area contributed by atoms with Crippen molar-refractivity contribution in [3.05, 3.63) is 64.9 Å². The third-order valence-corrected chi connectivity index (χ3v) is 9.02. The second-order valence-electron chi connectivity index (χ2n) is 9.45. The molecule has 1 aliphatic rings. The molecule has 0 bridgehead atoms. The lowest BCUT2D eigenvalue weighted by Crippen LogP contribution is -2.48. The first-order chi connectivity index (χ1) is 18.7. The van der Waals surface area contributed by atoms with Crippen molar-refractivity contribution in [3.8, 4) is 21.8 Å². The molecule has 5 rings (SSSR count). The molecule has 0 amide bonds. The number of hydrogen-bond donors (Lipinski definition) is 2. The highest BCUT2D eigenvalue weighted by Gasteiger charge is 2.24. The van der Waals surface area contributed by atoms with E-state index in [1.165, 1.54) is 10.6 Å². The summed E-state index contributed by atoms with van der Waals surface area (Å²) >= 11 is 1.61. The molecule has 4 heterocycles. The number of hydrogen-bond acceptors (Lipinski definition) is 10. The maximum atomic E-state index is 11.8. The average molecular weight is 566 g/mol. The van der Waals surface area contributed by atoms with Gasteiger partial charge in [0.15, 0.2) is 0 Å². The lowest BCUT2D eigenvalue weighted by atomic mass is 10.0. The van der Waals surface area contributed by atoms with E-state index in [4.69, 9.17) is 9.97 Å². The van der Waals surface area contributed by atoms with Crippen LogP contribution in [0.25, 0.3) is 21.8 Å². The first-order valence-corrected chi connectivity index (χ1v) is 15.4. The van der Waals surface area contributed by atoms with E-state index in [1.807, 2.05) is 37.3 Å². The van der Waals surface area contributed by atoms with Crippen LogP contribution in [0.15, 0.2) is 48.8 Å². The van der Waals surface area contributed by atoms with Crippen LogP contribution >= 0.6 is 11.3 Å². The minimum atomic E-state index is -3.17. The highest BCUT2D eigenvalue weighted by Crippen LogP contribution is 2.37. The fourth-order valence-corrected chi connectivity index (χ4v) is 6.37. The summed E-state index contributed by atoms with van der Waals surface area (Å²) in [4.78, 5) is 21.7. The van der Waals surface area contributed by atoms with Crippen molar-refractivity contribution in [2.75, 3.05) is 42.7 Å². The smallest absolute Gasteiger partial charge is 0.227 e. The molecule has 204 valence electrons. The third kappa shape index (κ3) is 6.25. The summed E-state index contributed by atoms with van der Waals surface area (Å²) in [6.45, 7) is 6.15. The Bertz CT molecular complexity index is 1560. The fraction of sp³-hybridized carbons (Fsp3) is 0.333. The van der Waals surface area contributed by atoms with Gasteiger partial charge >= 0.3 is 0 Å². The van der Waals surface area contributed by atoms with Gasteiger partial charge in [-0.1, -0.05) is 18.6 Å². The van der Waals surface area contributed by atoms with E-state index in [1.54, 1.807) is 23.7 Å². The van der Waals surface area contributed by atoms with E-state index < -0.39 is 10.0 Å². The molecule has 0 aliphatic carbocycles. The van der Waals surface area contributed by atoms with Crippen LogP contribution in [-0.2, 0) is 23.1 Å². The number of nitrogens with zero attached hydrogens (tertiary/aromatic N) is 6. The SMILES string of the molecule is CCc1nc(-c2cc(C)cc(CO)c2)c(-c2ccnc(Nc3ccc(N4CCN(S(C)(=O)=O)CC4)nc3)n2)s1. The number of pyridine rings is 1. The minimum absolute atomic E-state index is 0.0277. The number of piperazine rings is 1. The van der Waals surface area contributed by atoms with Crippen molar-refractivity contribution < 1.29 is 13.5 Å². The summed E-state index contributed by atoms with van der Waals surface area (Å²) in [5.41, 5.74) is 5.22. The monoisotopic (exact) mass is 565 g/mol. The number of rotatable bonds is 8. The summed E-state index contributed by atoms with van der Waals surface area (Å²) in [6.07, 6.45) is 5.50. The minimum Gasteiger partial charge on any atom is -0.392 e. The van der Waals surface area contributed by atoms with E-state index in [9.17, 15) is 13.5 Å². The van der Waals surface area contributed by atoms with Crippen molar-refractivity contribution in [2.24, 2.45) is 0 Å². The quantitative estimate of drug-likeness (QED) is 0.328. The van der Waals surface area contributed by atoms with E-state index in [0.717, 1.165) is 55.9 Å². The third-order valence-electron chi connectivity index (χ3n) is 6.49. The zero-order valence-corrected chi connectivity index (χ0v) is 23.8. The van der Waals surface area contributed by atoms with Crippen molar-refractivity contribution in [1.82, 2.24) is 24.2 Å². The van der Waals surface area contributed by atoms with Crippen LogP contribution in [0.3, 0.4) is 0 Å². The fourth-order valence-electron chi connectivity index (χ4n) is 4.55. The van der Waals surface area contributed by atoms with Crippen molar-refractivity contribution in [2.45, 2.75) is 26.9 Å². The number of benzene rings is 1. The van der Waals surface area contributed by atoms with E-state index in [2.05, 4.69) is 33.2 Å². The maximum absolute atomic E-state index is 11.8. The summed E-state index contributed by atoms with van der Waals surface area (Å²) in [5, 5.41) is 14.0. The van der Waals surface area contributed by atoms with Gasteiger partial charge < -0.3 is 15.3 Å². The number of anilines is 3. The molecule has 0 unspecified atom stereocenters. The van der Waals surface area contributed by atoms with Crippen LogP contribution in [0.4, 0.5) is 17.5 Å². The van der Waals surface area contributed by atoms with Gasteiger partial charge in [0.25, 0.3) is 0 Å². The topological polar surface area (TPSA) is 124 Å². The van der Waals surface area contributed by atoms with E-state index in [0.29, 0.717) is 32.1 Å². The highest BCUT2D eigenvalue weighted by atomic mass is 32.2. The van der Waals surface area contributed by atoms with Gasteiger partial charge in [-0.3, -0.25) is 0 Å². The zero-order valence-electron chi connectivity index (χ0n) is 22.1. The van der Waals surface area contributed by atoms with E-state index in [-0.39, 0.29) is 6.61 Å². The number of sulfonamides is 1. The molecule has 3 aromatic heterocycles. The Kier molecular flexibility index (Phi) is 7.89. The number of aliphatic hydroxyl groups excluding tert-OH is 1. The van der Waals surface area contributed by atoms with Gasteiger partial charge in [0, 0.05) is 37.9 Å². The Morgan fingerprint density at radius 1 is 1.05 bits per heavy atom. The summed E-state index contributed by atoms with van der Waals surface area (Å²) in [7, 11) is -3.17. The van der Waals surface area contributed by atoms with Gasteiger partial charge in [0.1, 0.15) is 5.82 Å². The highest BCUT2D eigenvalue weighted by molar-refractivity contribution is 7.88. The summed E-state index contributed by atoms with van der Waals surface area (Å²) < 4.78 is 25.0. The van der Waals surface area contributed by atoms with Crippen LogP contribution in [0.2, 0.25) is 0 Å². The number of aryl methyl sites for hydroxylation is 2. The second-order valence-corrected chi connectivity index (χ2v) is 12.5. The Balaban J connectivity index is 1.35. The van der Waals surface area contributed by atoms with Crippen molar-refractivity contribution >= 4 is 38.8 Å². The molecule has 2 N–H and O–H groups in total. The normalized spacial score (nSPS) is 14.5. The molecular formula is C27H31N7O3S2. The molecule has 0 spiro atoms. The molecule has 1 fully saturated rings. The molecule has 1 saturated heterocycles.